The van der Waals surface area contributed by atoms with E-state index < -0.39 is 6.10 Å². The number of benzene rings is 1. The highest BCUT2D eigenvalue weighted by atomic mass is 16.6. The smallest absolute Gasteiger partial charge is 0.122 e. The Labute approximate surface area is 126 Å². The molecule has 0 saturated carbocycles. The molecule has 0 amide bonds. The van der Waals surface area contributed by atoms with Crippen LogP contribution in [0.1, 0.15) is 24.2 Å². The highest BCUT2D eigenvalue weighted by Crippen LogP contribution is 2.22. The molecule has 0 aromatic heterocycles. The van der Waals surface area contributed by atoms with Crippen LogP contribution in [0.2, 0.25) is 0 Å². The summed E-state index contributed by atoms with van der Waals surface area (Å²) in [5.74, 6) is 0.819. The first-order valence-electron chi connectivity index (χ1n) is 7.21. The Balaban J connectivity index is 2.13. The second-order valence-electron chi connectivity index (χ2n) is 4.77. The molecule has 0 spiro atoms. The molecule has 1 rings (SSSR count). The molecule has 1 aromatic carbocycles. The van der Waals surface area contributed by atoms with Crippen molar-refractivity contribution in [3.05, 3.63) is 29.3 Å². The van der Waals surface area contributed by atoms with Crippen molar-refractivity contribution in [2.24, 2.45) is 0 Å². The van der Waals surface area contributed by atoms with Crippen molar-refractivity contribution >= 4 is 0 Å². The van der Waals surface area contributed by atoms with E-state index in [0.29, 0.717) is 39.6 Å². The van der Waals surface area contributed by atoms with E-state index in [1.165, 1.54) is 0 Å². The monoisotopic (exact) mass is 298 g/mol. The van der Waals surface area contributed by atoms with Crippen LogP contribution in [0.4, 0.5) is 0 Å². The highest BCUT2D eigenvalue weighted by molar-refractivity contribution is 5.36. The Morgan fingerprint density at radius 2 is 1.62 bits per heavy atom. The Kier molecular flexibility index (Phi) is 9.01. The average Bonchev–Trinajstić information content (AvgIpc) is 2.46. The summed E-state index contributed by atoms with van der Waals surface area (Å²) in [6, 6.07) is 5.69. The van der Waals surface area contributed by atoms with Crippen molar-refractivity contribution in [1.29, 1.82) is 0 Å². The number of aryl methyl sites for hydroxylation is 1. The topological polar surface area (TPSA) is 57.2 Å². The van der Waals surface area contributed by atoms with E-state index in [1.807, 2.05) is 25.1 Å². The lowest BCUT2D eigenvalue weighted by Crippen LogP contribution is -2.12. The van der Waals surface area contributed by atoms with Gasteiger partial charge in [0.25, 0.3) is 0 Å². The minimum atomic E-state index is -0.459. The van der Waals surface area contributed by atoms with Crippen molar-refractivity contribution < 1.29 is 24.1 Å². The van der Waals surface area contributed by atoms with Gasteiger partial charge in [-0.1, -0.05) is 6.07 Å². The molecule has 0 unspecified atom stereocenters. The summed E-state index contributed by atoms with van der Waals surface area (Å²) in [4.78, 5) is 0. The van der Waals surface area contributed by atoms with Gasteiger partial charge >= 0.3 is 0 Å². The average molecular weight is 298 g/mol. The summed E-state index contributed by atoms with van der Waals surface area (Å²) in [5, 5.41) is 9.51. The zero-order valence-corrected chi connectivity index (χ0v) is 13.1. The van der Waals surface area contributed by atoms with Crippen LogP contribution >= 0.6 is 0 Å². The van der Waals surface area contributed by atoms with Gasteiger partial charge in [-0.2, -0.15) is 0 Å². The molecule has 120 valence electrons. The fraction of sp³-hybridized carbons (Fsp3) is 0.625. The van der Waals surface area contributed by atoms with Crippen molar-refractivity contribution in [3.63, 3.8) is 0 Å². The molecule has 5 heteroatoms. The maximum atomic E-state index is 9.51. The maximum absolute atomic E-state index is 9.51. The Morgan fingerprint density at radius 1 is 1.00 bits per heavy atom. The highest BCUT2D eigenvalue weighted by Gasteiger charge is 2.05. The predicted molar refractivity (Wildman–Crippen MR) is 80.8 cm³/mol. The first-order valence-corrected chi connectivity index (χ1v) is 7.21. The van der Waals surface area contributed by atoms with E-state index in [4.69, 9.17) is 18.9 Å². The third-order valence-electron chi connectivity index (χ3n) is 2.97. The second kappa shape index (κ2) is 10.6. The van der Waals surface area contributed by atoms with Gasteiger partial charge in [0.05, 0.1) is 39.1 Å². The van der Waals surface area contributed by atoms with E-state index in [-0.39, 0.29) is 0 Å². The predicted octanol–water partition coefficient (Wildman–Crippen LogP) is 2.11. The molecular weight excluding hydrogens is 272 g/mol. The second-order valence-corrected chi connectivity index (χ2v) is 4.77. The standard InChI is InChI=1S/C16H26O5/c1-13-12-15(14(2)17)4-5-16(13)21-11-10-20-9-8-19-7-6-18-3/h4-5,12,14,17H,6-11H2,1-3H3/t14-/m1/s1. The van der Waals surface area contributed by atoms with Crippen molar-refractivity contribution in [3.8, 4) is 5.75 Å². The third-order valence-corrected chi connectivity index (χ3v) is 2.97. The first kappa shape index (κ1) is 17.9. The van der Waals surface area contributed by atoms with Crippen molar-refractivity contribution in [2.45, 2.75) is 20.0 Å². The lowest BCUT2D eigenvalue weighted by Gasteiger charge is -2.12. The molecule has 0 fully saturated rings. The molecule has 0 aliphatic heterocycles. The number of aliphatic hydroxyl groups excluding tert-OH is 1. The van der Waals surface area contributed by atoms with E-state index in [1.54, 1.807) is 14.0 Å². The number of rotatable bonds is 11. The number of aliphatic hydroxyl groups is 1. The van der Waals surface area contributed by atoms with E-state index in [2.05, 4.69) is 0 Å². The zero-order valence-electron chi connectivity index (χ0n) is 13.1. The fourth-order valence-electron chi connectivity index (χ4n) is 1.77. The summed E-state index contributed by atoms with van der Waals surface area (Å²) in [6.45, 7) is 7.02. The summed E-state index contributed by atoms with van der Waals surface area (Å²) >= 11 is 0. The van der Waals surface area contributed by atoms with Crippen molar-refractivity contribution in [2.75, 3.05) is 46.8 Å². The minimum absolute atomic E-state index is 0.459. The molecular formula is C16H26O5. The van der Waals surface area contributed by atoms with Gasteiger partial charge in [-0.25, -0.2) is 0 Å². The molecule has 0 aliphatic carbocycles. The van der Waals surface area contributed by atoms with Gasteiger partial charge in [-0.05, 0) is 37.1 Å². The van der Waals surface area contributed by atoms with Gasteiger partial charge in [0, 0.05) is 7.11 Å². The molecule has 1 N–H and O–H groups in total. The van der Waals surface area contributed by atoms with Crippen molar-refractivity contribution in [1.82, 2.24) is 0 Å². The van der Waals surface area contributed by atoms with Crippen LogP contribution < -0.4 is 4.74 Å². The molecule has 0 aliphatic rings. The Morgan fingerprint density at radius 3 is 2.19 bits per heavy atom. The van der Waals surface area contributed by atoms with Gasteiger partial charge in [-0.3, -0.25) is 0 Å². The van der Waals surface area contributed by atoms with E-state index in [0.717, 1.165) is 16.9 Å². The van der Waals surface area contributed by atoms with Gasteiger partial charge in [0.15, 0.2) is 0 Å². The normalized spacial score (nSPS) is 12.4. The van der Waals surface area contributed by atoms with Crippen LogP contribution in [0.3, 0.4) is 0 Å². The molecule has 0 radical (unpaired) electrons. The Bertz CT molecular complexity index is 392. The molecule has 0 bridgehead atoms. The largest absolute Gasteiger partial charge is 0.491 e. The molecule has 0 saturated heterocycles. The summed E-state index contributed by atoms with van der Waals surface area (Å²) in [5.41, 5.74) is 1.90. The molecule has 21 heavy (non-hydrogen) atoms. The zero-order chi connectivity index (χ0) is 15.5. The van der Waals surface area contributed by atoms with Crippen LogP contribution in [0.25, 0.3) is 0 Å². The van der Waals surface area contributed by atoms with Gasteiger partial charge in [0.1, 0.15) is 12.4 Å². The minimum Gasteiger partial charge on any atom is -0.491 e. The molecule has 1 aromatic rings. The quantitative estimate of drug-likeness (QED) is 0.634. The summed E-state index contributed by atoms with van der Waals surface area (Å²) in [7, 11) is 1.65. The third kappa shape index (κ3) is 7.43. The van der Waals surface area contributed by atoms with E-state index in [9.17, 15) is 5.11 Å². The molecule has 1 atom stereocenters. The van der Waals surface area contributed by atoms with Crippen LogP contribution in [0.5, 0.6) is 5.75 Å². The van der Waals surface area contributed by atoms with Gasteiger partial charge in [0.2, 0.25) is 0 Å². The number of hydrogen-bond acceptors (Lipinski definition) is 5. The fourth-order valence-corrected chi connectivity index (χ4v) is 1.77. The van der Waals surface area contributed by atoms with Crippen LogP contribution in [-0.4, -0.2) is 51.9 Å². The summed E-state index contributed by atoms with van der Waals surface area (Å²) in [6.07, 6.45) is -0.459. The SMILES string of the molecule is COCCOCCOCCOc1ccc([C@@H](C)O)cc1C. The number of hydrogen-bond donors (Lipinski definition) is 1. The van der Waals surface area contributed by atoms with Crippen LogP contribution in [-0.2, 0) is 14.2 Å². The number of methoxy groups -OCH3 is 1. The van der Waals surface area contributed by atoms with Gasteiger partial charge in [-0.15, -0.1) is 0 Å². The molecule has 0 heterocycles. The van der Waals surface area contributed by atoms with Gasteiger partial charge < -0.3 is 24.1 Å². The van der Waals surface area contributed by atoms with Crippen LogP contribution in [0, 0.1) is 6.92 Å². The maximum Gasteiger partial charge on any atom is 0.122 e. The van der Waals surface area contributed by atoms with Crippen LogP contribution in [0.15, 0.2) is 18.2 Å². The van der Waals surface area contributed by atoms with E-state index >= 15 is 0 Å². The number of ether oxygens (including phenoxy) is 4. The lowest BCUT2D eigenvalue weighted by molar-refractivity contribution is 0.0179. The first-order chi connectivity index (χ1) is 10.1. The Hall–Kier alpha value is -1.14. The molecule has 5 nitrogen and oxygen atoms in total. The summed E-state index contributed by atoms with van der Waals surface area (Å²) < 4.78 is 21.2. The lowest BCUT2D eigenvalue weighted by atomic mass is 10.1.